The summed E-state index contributed by atoms with van der Waals surface area (Å²) >= 11 is 6.39. The van der Waals surface area contributed by atoms with Gasteiger partial charge in [-0.1, -0.05) is 11.6 Å². The monoisotopic (exact) mass is 434 g/mol. The Morgan fingerprint density at radius 1 is 1.33 bits per heavy atom. The largest absolute Gasteiger partial charge is 0.456 e. The van der Waals surface area contributed by atoms with Gasteiger partial charge in [0.25, 0.3) is 6.01 Å². The van der Waals surface area contributed by atoms with Crippen molar-refractivity contribution in [3.63, 3.8) is 0 Å². The fourth-order valence-corrected chi connectivity index (χ4v) is 3.92. The predicted molar refractivity (Wildman–Crippen MR) is 109 cm³/mol. The number of fused-ring (bicyclic) bond motifs is 2. The summed E-state index contributed by atoms with van der Waals surface area (Å²) < 4.78 is 19.0. The second-order valence-electron chi connectivity index (χ2n) is 7.79. The van der Waals surface area contributed by atoms with E-state index >= 15 is 0 Å². The average molecular weight is 435 g/mol. The summed E-state index contributed by atoms with van der Waals surface area (Å²) in [5, 5.41) is 18.0. The molecule has 0 spiro atoms. The lowest BCUT2D eigenvalue weighted by Gasteiger charge is -2.15. The smallest absolute Gasteiger partial charge is 0.296 e. The average Bonchev–Trinajstić information content (AvgIpc) is 3.47. The molecule has 3 aromatic heterocycles. The van der Waals surface area contributed by atoms with E-state index in [1.807, 2.05) is 16.9 Å². The van der Waals surface area contributed by atoms with Crippen LogP contribution in [0.1, 0.15) is 25.6 Å². The first kappa shape index (κ1) is 19.6. The van der Waals surface area contributed by atoms with Gasteiger partial charge in [0.2, 0.25) is 0 Å². The Balaban J connectivity index is 1.29. The van der Waals surface area contributed by atoms with Crippen LogP contribution in [0.15, 0.2) is 18.3 Å². The predicted octanol–water partition coefficient (Wildman–Crippen LogP) is 1.91. The zero-order chi connectivity index (χ0) is 20.8. The number of hydrogen-bond donors (Lipinski definition) is 3. The third-order valence-corrected chi connectivity index (χ3v) is 5.57. The number of nitrogens with one attached hydrogen (secondary N) is 2. The second kappa shape index (κ2) is 7.69. The number of H-pyrrole nitrogens is 1. The van der Waals surface area contributed by atoms with Crippen LogP contribution >= 0.6 is 11.6 Å². The summed E-state index contributed by atoms with van der Waals surface area (Å²) in [5.41, 5.74) is 2.03. The summed E-state index contributed by atoms with van der Waals surface area (Å²) in [7, 11) is 0. The van der Waals surface area contributed by atoms with Crippen LogP contribution in [0.2, 0.25) is 5.02 Å². The Bertz CT molecular complexity index is 1050. The van der Waals surface area contributed by atoms with Gasteiger partial charge in [-0.05, 0) is 26.0 Å². The minimum Gasteiger partial charge on any atom is -0.456 e. The summed E-state index contributed by atoms with van der Waals surface area (Å²) in [6.45, 7) is 5.22. The molecule has 3 aromatic rings. The highest BCUT2D eigenvalue weighted by atomic mass is 35.5. The van der Waals surface area contributed by atoms with Crippen molar-refractivity contribution < 1.29 is 19.3 Å². The summed E-state index contributed by atoms with van der Waals surface area (Å²) in [5.74, 6) is 0.521. The highest BCUT2D eigenvalue weighted by Gasteiger charge is 2.48. The molecule has 0 unspecified atom stereocenters. The molecule has 2 aliphatic rings. The third kappa shape index (κ3) is 3.60. The number of anilines is 1. The van der Waals surface area contributed by atoms with Crippen molar-refractivity contribution >= 4 is 28.6 Å². The molecule has 4 atom stereocenters. The number of imidazole rings is 1. The quantitative estimate of drug-likeness (QED) is 0.538. The molecule has 10 nitrogen and oxygen atoms in total. The fourth-order valence-electron chi connectivity index (χ4n) is 3.70. The van der Waals surface area contributed by atoms with Gasteiger partial charge >= 0.3 is 0 Å². The molecule has 3 N–H and O–H groups in total. The van der Waals surface area contributed by atoms with Crippen LogP contribution < -0.4 is 10.1 Å². The van der Waals surface area contributed by atoms with Crippen molar-refractivity contribution in [1.29, 1.82) is 0 Å². The first-order chi connectivity index (χ1) is 14.5. The molecular weight excluding hydrogens is 412 g/mol. The topological polar surface area (TPSA) is 119 Å². The number of aromatic amines is 1. The molecule has 0 saturated carbocycles. The summed E-state index contributed by atoms with van der Waals surface area (Å²) in [6, 6.07) is 4.32. The van der Waals surface area contributed by atoms with Crippen LogP contribution in [0, 0.1) is 0 Å². The standard InChI is InChI=1S/C19H23ClN6O4/c1-9(2)26-4-3-10(25-26)6-21-17-11(20)5-12-18(23-17)24-19(22-12)30-14-8-29-15-13(27)7-28-16(14)15/h3-5,9,13-16,27H,6-8H2,1-2H3,(H2,21,22,23,24)/t13-,14-,15-,16-/m1/s1. The van der Waals surface area contributed by atoms with Crippen LogP contribution in [0.25, 0.3) is 11.2 Å². The molecule has 0 aromatic carbocycles. The number of hydrogen-bond acceptors (Lipinski definition) is 8. The van der Waals surface area contributed by atoms with Gasteiger partial charge in [-0.3, -0.25) is 4.68 Å². The molecule has 0 amide bonds. The maximum Gasteiger partial charge on any atom is 0.296 e. The Hall–Kier alpha value is -2.40. The zero-order valence-electron chi connectivity index (χ0n) is 16.6. The van der Waals surface area contributed by atoms with E-state index in [4.69, 9.17) is 25.8 Å². The number of aliphatic hydroxyl groups excluding tert-OH is 1. The van der Waals surface area contributed by atoms with Crippen molar-refractivity contribution in [2.24, 2.45) is 0 Å². The van der Waals surface area contributed by atoms with Crippen molar-refractivity contribution in [3.05, 3.63) is 29.0 Å². The van der Waals surface area contributed by atoms with Gasteiger partial charge in [0.05, 0.1) is 36.0 Å². The molecule has 5 heterocycles. The van der Waals surface area contributed by atoms with Gasteiger partial charge in [0.1, 0.15) is 24.1 Å². The third-order valence-electron chi connectivity index (χ3n) is 5.28. The van der Waals surface area contributed by atoms with E-state index in [0.717, 1.165) is 5.69 Å². The van der Waals surface area contributed by atoms with Gasteiger partial charge in [-0.2, -0.15) is 10.1 Å². The minimum absolute atomic E-state index is 0.247. The van der Waals surface area contributed by atoms with Crippen LogP contribution in [0.4, 0.5) is 5.82 Å². The fraction of sp³-hybridized carbons (Fsp3) is 0.526. The van der Waals surface area contributed by atoms with E-state index in [2.05, 4.69) is 39.2 Å². The Morgan fingerprint density at radius 2 is 2.17 bits per heavy atom. The van der Waals surface area contributed by atoms with E-state index in [-0.39, 0.29) is 24.9 Å². The maximum atomic E-state index is 9.85. The number of aromatic nitrogens is 5. The van der Waals surface area contributed by atoms with E-state index in [1.54, 1.807) is 6.07 Å². The number of aliphatic hydroxyl groups is 1. The van der Waals surface area contributed by atoms with E-state index in [1.165, 1.54) is 0 Å². The van der Waals surface area contributed by atoms with Crippen LogP contribution in [-0.4, -0.2) is 67.5 Å². The minimum atomic E-state index is -0.625. The molecule has 11 heteroatoms. The first-order valence-corrected chi connectivity index (χ1v) is 10.3. The highest BCUT2D eigenvalue weighted by Crippen LogP contribution is 2.30. The lowest BCUT2D eigenvalue weighted by Crippen LogP contribution is -2.34. The number of rotatable bonds is 6. The SMILES string of the molecule is CC(C)n1ccc(CNc2nc3nc(O[C@@H]4CO[C@H]5[C@@H]4OC[C@H]5O)[nH]c3cc2Cl)n1. The maximum absolute atomic E-state index is 9.85. The van der Waals surface area contributed by atoms with Gasteiger partial charge in [0, 0.05) is 12.2 Å². The van der Waals surface area contributed by atoms with Crippen molar-refractivity contribution in [2.45, 2.75) is 50.8 Å². The van der Waals surface area contributed by atoms with E-state index in [9.17, 15) is 5.11 Å². The van der Waals surface area contributed by atoms with Gasteiger partial charge in [-0.25, -0.2) is 4.98 Å². The number of pyridine rings is 1. The highest BCUT2D eigenvalue weighted by molar-refractivity contribution is 6.33. The van der Waals surface area contributed by atoms with Gasteiger partial charge in [-0.15, -0.1) is 0 Å². The van der Waals surface area contributed by atoms with E-state index in [0.29, 0.717) is 47.2 Å². The summed E-state index contributed by atoms with van der Waals surface area (Å²) in [6.07, 6.45) is 0.299. The molecule has 160 valence electrons. The molecule has 2 fully saturated rings. The molecule has 0 radical (unpaired) electrons. The zero-order valence-corrected chi connectivity index (χ0v) is 17.3. The Kier molecular flexibility index (Phi) is 5.02. The second-order valence-corrected chi connectivity index (χ2v) is 8.19. The van der Waals surface area contributed by atoms with Crippen molar-refractivity contribution in [2.75, 3.05) is 18.5 Å². The van der Waals surface area contributed by atoms with Crippen LogP contribution in [0.3, 0.4) is 0 Å². The molecular formula is C19H23ClN6O4. The molecule has 0 aliphatic carbocycles. The van der Waals surface area contributed by atoms with Gasteiger partial charge in [0.15, 0.2) is 11.8 Å². The Labute approximate surface area is 177 Å². The lowest BCUT2D eigenvalue weighted by atomic mass is 10.1. The number of nitrogens with zero attached hydrogens (tertiary/aromatic N) is 4. The number of ether oxygens (including phenoxy) is 3. The normalized spacial score (nSPS) is 25.9. The van der Waals surface area contributed by atoms with Crippen LogP contribution in [-0.2, 0) is 16.0 Å². The molecule has 30 heavy (non-hydrogen) atoms. The van der Waals surface area contributed by atoms with Crippen molar-refractivity contribution in [3.8, 4) is 6.01 Å². The Morgan fingerprint density at radius 3 is 2.97 bits per heavy atom. The molecule has 2 saturated heterocycles. The molecule has 0 bridgehead atoms. The van der Waals surface area contributed by atoms with Crippen LogP contribution in [0.5, 0.6) is 6.01 Å². The summed E-state index contributed by atoms with van der Waals surface area (Å²) in [4.78, 5) is 12.0. The van der Waals surface area contributed by atoms with Gasteiger partial charge < -0.3 is 29.6 Å². The lowest BCUT2D eigenvalue weighted by molar-refractivity contribution is 0.00706. The number of halogens is 1. The molecule has 2 aliphatic heterocycles. The van der Waals surface area contributed by atoms with E-state index < -0.39 is 6.10 Å². The van der Waals surface area contributed by atoms with Crippen molar-refractivity contribution in [1.82, 2.24) is 24.7 Å². The first-order valence-electron chi connectivity index (χ1n) is 9.90. The molecule has 5 rings (SSSR count).